The fraction of sp³-hybridized carbons (Fsp3) is 0.350. The Morgan fingerprint density at radius 1 is 1.12 bits per heavy atom. The molecule has 2 aromatic rings. The predicted molar refractivity (Wildman–Crippen MR) is 102 cm³/mol. The minimum atomic E-state index is -0.225. The van der Waals surface area contributed by atoms with Gasteiger partial charge in [0.2, 0.25) is 0 Å². The van der Waals surface area contributed by atoms with Gasteiger partial charge >= 0.3 is 6.03 Å². The lowest BCUT2D eigenvalue weighted by molar-refractivity contribution is 0.0340. The Balaban J connectivity index is 1.64. The van der Waals surface area contributed by atoms with Gasteiger partial charge in [-0.15, -0.1) is 0 Å². The number of carbonyl (C=O) groups is 1. The van der Waals surface area contributed by atoms with Gasteiger partial charge in [-0.1, -0.05) is 30.3 Å². The van der Waals surface area contributed by atoms with Crippen molar-refractivity contribution in [2.45, 2.75) is 6.04 Å². The summed E-state index contributed by atoms with van der Waals surface area (Å²) in [6.45, 7) is 3.98. The maximum Gasteiger partial charge on any atom is 0.319 e. The number of nitrogens with zero attached hydrogens (tertiary/aromatic N) is 1. The largest absolute Gasteiger partial charge is 0.497 e. The number of benzene rings is 2. The first-order valence-electron chi connectivity index (χ1n) is 8.81. The topological polar surface area (TPSA) is 62.8 Å². The SMILES string of the molecule is COc1ccc(NC(=O)NC(CN2CCOCC2)c2ccccc2)cc1. The number of carbonyl (C=O) groups excluding carboxylic acids is 1. The molecular formula is C20H25N3O3. The highest BCUT2D eigenvalue weighted by molar-refractivity contribution is 5.89. The summed E-state index contributed by atoms with van der Waals surface area (Å²) in [5, 5.41) is 5.98. The fourth-order valence-electron chi connectivity index (χ4n) is 2.96. The average Bonchev–Trinajstić information content (AvgIpc) is 2.69. The number of hydrogen-bond acceptors (Lipinski definition) is 4. The van der Waals surface area contributed by atoms with Crippen molar-refractivity contribution in [3.63, 3.8) is 0 Å². The van der Waals surface area contributed by atoms with Crippen molar-refractivity contribution in [2.75, 3.05) is 45.3 Å². The molecule has 2 N–H and O–H groups in total. The second-order valence-corrected chi connectivity index (χ2v) is 6.20. The first kappa shape index (κ1) is 18.2. The van der Waals surface area contributed by atoms with Crippen molar-refractivity contribution < 1.29 is 14.3 Å². The van der Waals surface area contributed by atoms with Crippen molar-refractivity contribution in [3.8, 4) is 5.75 Å². The molecule has 6 heteroatoms. The van der Waals surface area contributed by atoms with Gasteiger partial charge in [0.15, 0.2) is 0 Å². The van der Waals surface area contributed by atoms with Gasteiger partial charge in [-0.25, -0.2) is 4.79 Å². The van der Waals surface area contributed by atoms with Crippen LogP contribution < -0.4 is 15.4 Å². The van der Waals surface area contributed by atoms with Crippen molar-refractivity contribution in [1.29, 1.82) is 0 Å². The van der Waals surface area contributed by atoms with E-state index in [-0.39, 0.29) is 12.1 Å². The second-order valence-electron chi connectivity index (χ2n) is 6.20. The molecule has 1 atom stereocenters. The van der Waals surface area contributed by atoms with Crippen LogP contribution in [0.2, 0.25) is 0 Å². The highest BCUT2D eigenvalue weighted by atomic mass is 16.5. The van der Waals surface area contributed by atoms with Gasteiger partial charge in [-0.2, -0.15) is 0 Å². The molecule has 0 aliphatic carbocycles. The van der Waals surface area contributed by atoms with Crippen LogP contribution in [0.4, 0.5) is 10.5 Å². The summed E-state index contributed by atoms with van der Waals surface area (Å²) in [5.41, 5.74) is 1.81. The minimum absolute atomic E-state index is 0.0902. The van der Waals surface area contributed by atoms with Crippen molar-refractivity contribution >= 4 is 11.7 Å². The van der Waals surface area contributed by atoms with Crippen LogP contribution in [-0.4, -0.2) is 50.9 Å². The van der Waals surface area contributed by atoms with E-state index in [1.54, 1.807) is 7.11 Å². The van der Waals surface area contributed by atoms with E-state index in [1.165, 1.54) is 0 Å². The van der Waals surface area contributed by atoms with E-state index in [1.807, 2.05) is 54.6 Å². The molecule has 1 saturated heterocycles. The van der Waals surface area contributed by atoms with Crippen LogP contribution in [0.5, 0.6) is 5.75 Å². The van der Waals surface area contributed by atoms with E-state index < -0.39 is 0 Å². The van der Waals surface area contributed by atoms with Crippen molar-refractivity contribution in [3.05, 3.63) is 60.2 Å². The zero-order valence-corrected chi connectivity index (χ0v) is 15.0. The molecule has 2 aromatic carbocycles. The summed E-state index contributed by atoms with van der Waals surface area (Å²) >= 11 is 0. The first-order chi connectivity index (χ1) is 12.7. The van der Waals surface area contributed by atoms with Crippen LogP contribution >= 0.6 is 0 Å². The highest BCUT2D eigenvalue weighted by Crippen LogP contribution is 2.17. The third-order valence-electron chi connectivity index (χ3n) is 4.40. The van der Waals surface area contributed by atoms with Gasteiger partial charge in [-0.3, -0.25) is 4.90 Å². The Bertz CT molecular complexity index is 685. The normalized spacial score (nSPS) is 15.9. The molecule has 0 bridgehead atoms. The number of rotatable bonds is 6. The zero-order chi connectivity index (χ0) is 18.2. The molecule has 1 aliphatic heterocycles. The minimum Gasteiger partial charge on any atom is -0.497 e. The molecule has 138 valence electrons. The Morgan fingerprint density at radius 3 is 2.46 bits per heavy atom. The van der Waals surface area contributed by atoms with E-state index >= 15 is 0 Å². The van der Waals surface area contributed by atoms with E-state index in [4.69, 9.17) is 9.47 Å². The van der Waals surface area contributed by atoms with E-state index in [9.17, 15) is 4.79 Å². The molecule has 1 unspecified atom stereocenters. The molecule has 6 nitrogen and oxygen atoms in total. The third-order valence-corrected chi connectivity index (χ3v) is 4.40. The Labute approximate surface area is 154 Å². The number of morpholine rings is 1. The number of anilines is 1. The van der Waals surface area contributed by atoms with Crippen LogP contribution in [0.3, 0.4) is 0 Å². The Hall–Kier alpha value is -2.57. The zero-order valence-electron chi connectivity index (χ0n) is 15.0. The van der Waals surface area contributed by atoms with E-state index in [0.29, 0.717) is 0 Å². The fourth-order valence-corrected chi connectivity index (χ4v) is 2.96. The van der Waals surface area contributed by atoms with Gasteiger partial charge in [0.05, 0.1) is 26.4 Å². The molecule has 0 saturated carbocycles. The smallest absolute Gasteiger partial charge is 0.319 e. The second kappa shape index (κ2) is 9.22. The highest BCUT2D eigenvalue weighted by Gasteiger charge is 2.20. The monoisotopic (exact) mass is 355 g/mol. The summed E-state index contributed by atoms with van der Waals surface area (Å²) in [6, 6.07) is 17.0. The maximum atomic E-state index is 12.5. The summed E-state index contributed by atoms with van der Waals surface area (Å²) < 4.78 is 10.6. The lowest BCUT2D eigenvalue weighted by Crippen LogP contribution is -2.44. The van der Waals surface area contributed by atoms with Gasteiger partial charge < -0.3 is 20.1 Å². The maximum absolute atomic E-state index is 12.5. The molecule has 1 fully saturated rings. The molecule has 26 heavy (non-hydrogen) atoms. The van der Waals surface area contributed by atoms with Crippen LogP contribution in [-0.2, 0) is 4.74 Å². The van der Waals surface area contributed by atoms with Gasteiger partial charge in [0.1, 0.15) is 5.75 Å². The molecule has 3 rings (SSSR count). The van der Waals surface area contributed by atoms with Gasteiger partial charge in [0.25, 0.3) is 0 Å². The molecular weight excluding hydrogens is 330 g/mol. The lowest BCUT2D eigenvalue weighted by Gasteiger charge is -2.31. The first-order valence-corrected chi connectivity index (χ1v) is 8.81. The average molecular weight is 355 g/mol. The van der Waals surface area contributed by atoms with Crippen LogP contribution in [0.25, 0.3) is 0 Å². The quantitative estimate of drug-likeness (QED) is 0.836. The number of nitrogens with one attached hydrogen (secondary N) is 2. The summed E-state index contributed by atoms with van der Waals surface area (Å²) in [5.74, 6) is 0.755. The van der Waals surface area contributed by atoms with Crippen LogP contribution in [0.1, 0.15) is 11.6 Å². The third kappa shape index (κ3) is 5.21. The summed E-state index contributed by atoms with van der Waals surface area (Å²) in [7, 11) is 1.62. The Morgan fingerprint density at radius 2 is 1.81 bits per heavy atom. The predicted octanol–water partition coefficient (Wildman–Crippen LogP) is 2.89. The van der Waals surface area contributed by atoms with Crippen LogP contribution in [0.15, 0.2) is 54.6 Å². The van der Waals surface area contributed by atoms with Gasteiger partial charge in [0, 0.05) is 25.3 Å². The van der Waals surface area contributed by atoms with E-state index in [2.05, 4.69) is 15.5 Å². The summed E-state index contributed by atoms with van der Waals surface area (Å²) in [6.07, 6.45) is 0. The molecule has 1 heterocycles. The Kier molecular flexibility index (Phi) is 6.46. The molecule has 2 amide bonds. The summed E-state index contributed by atoms with van der Waals surface area (Å²) in [4.78, 5) is 14.8. The molecule has 0 aromatic heterocycles. The van der Waals surface area contributed by atoms with E-state index in [0.717, 1.165) is 49.8 Å². The van der Waals surface area contributed by atoms with Crippen molar-refractivity contribution in [1.82, 2.24) is 10.2 Å². The molecule has 0 radical (unpaired) electrons. The van der Waals surface area contributed by atoms with Gasteiger partial charge in [-0.05, 0) is 29.8 Å². The number of hydrogen-bond donors (Lipinski definition) is 2. The number of ether oxygens (including phenoxy) is 2. The number of amides is 2. The molecule has 1 aliphatic rings. The molecule has 0 spiro atoms. The van der Waals surface area contributed by atoms with Crippen molar-refractivity contribution in [2.24, 2.45) is 0 Å². The number of methoxy groups -OCH3 is 1. The standard InChI is InChI=1S/C20H25N3O3/c1-25-18-9-7-17(8-10-18)21-20(24)22-19(16-5-3-2-4-6-16)15-23-11-13-26-14-12-23/h2-10,19H,11-15H2,1H3,(H2,21,22,24). The lowest BCUT2D eigenvalue weighted by atomic mass is 10.1. The van der Waals surface area contributed by atoms with Crippen LogP contribution in [0, 0.1) is 0 Å². The number of urea groups is 1.